The van der Waals surface area contributed by atoms with Crippen LogP contribution in [0.5, 0.6) is 5.75 Å². The summed E-state index contributed by atoms with van der Waals surface area (Å²) < 4.78 is 7.54. The van der Waals surface area contributed by atoms with Crippen LogP contribution in [0.1, 0.15) is 22.8 Å². The molecule has 2 aromatic carbocycles. The van der Waals surface area contributed by atoms with Crippen molar-refractivity contribution in [2.75, 3.05) is 32.8 Å². The molecule has 150 valence electrons. The van der Waals surface area contributed by atoms with Crippen molar-refractivity contribution in [1.82, 2.24) is 14.4 Å². The predicted octanol–water partition coefficient (Wildman–Crippen LogP) is 3.83. The van der Waals surface area contributed by atoms with E-state index < -0.39 is 0 Å². The Balaban J connectivity index is 1.30. The first-order valence-electron chi connectivity index (χ1n) is 10.2. The topological polar surface area (TPSA) is 37.7 Å². The smallest absolute Gasteiger partial charge is 0.253 e. The normalized spacial score (nSPS) is 14.7. The standard InChI is InChI=1S/C24H27N3O2/c1-2-29-23-11-5-20(6-12-23)19-25-15-17-27(18-16-25)24(28)21-7-9-22(10-8-21)26-13-3-4-14-26/h3-14H,2,15-19H2,1H3. The van der Waals surface area contributed by atoms with Crippen LogP contribution >= 0.6 is 0 Å². The minimum atomic E-state index is 0.116. The summed E-state index contributed by atoms with van der Waals surface area (Å²) in [5.74, 6) is 1.03. The maximum Gasteiger partial charge on any atom is 0.253 e. The van der Waals surface area contributed by atoms with E-state index in [1.54, 1.807) is 0 Å². The van der Waals surface area contributed by atoms with Crippen molar-refractivity contribution in [3.63, 3.8) is 0 Å². The number of hydrogen-bond acceptors (Lipinski definition) is 3. The molecule has 2 heterocycles. The summed E-state index contributed by atoms with van der Waals surface area (Å²) in [7, 11) is 0. The first-order chi connectivity index (χ1) is 14.2. The first-order valence-corrected chi connectivity index (χ1v) is 10.2. The van der Waals surface area contributed by atoms with Gasteiger partial charge in [-0.2, -0.15) is 0 Å². The third kappa shape index (κ3) is 4.69. The molecule has 0 radical (unpaired) electrons. The summed E-state index contributed by atoms with van der Waals surface area (Å²) in [6.07, 6.45) is 4.00. The lowest BCUT2D eigenvalue weighted by Crippen LogP contribution is -2.48. The minimum absolute atomic E-state index is 0.116. The second-order valence-electron chi connectivity index (χ2n) is 7.28. The number of rotatable bonds is 6. The van der Waals surface area contributed by atoms with Crippen LogP contribution in [0.2, 0.25) is 0 Å². The molecule has 1 fully saturated rings. The molecular formula is C24H27N3O2. The lowest BCUT2D eigenvalue weighted by molar-refractivity contribution is 0.0628. The summed E-state index contributed by atoms with van der Waals surface area (Å²) in [6.45, 7) is 6.88. The van der Waals surface area contributed by atoms with Gasteiger partial charge in [-0.3, -0.25) is 9.69 Å². The lowest BCUT2D eigenvalue weighted by Gasteiger charge is -2.34. The van der Waals surface area contributed by atoms with Crippen molar-refractivity contribution in [3.8, 4) is 11.4 Å². The van der Waals surface area contributed by atoms with E-state index in [0.717, 1.165) is 49.7 Å². The average Bonchev–Trinajstić information content (AvgIpc) is 3.31. The number of benzene rings is 2. The number of amides is 1. The molecule has 1 aromatic heterocycles. The number of ether oxygens (including phenoxy) is 1. The number of hydrogen-bond donors (Lipinski definition) is 0. The van der Waals surface area contributed by atoms with Gasteiger partial charge in [0.05, 0.1) is 6.61 Å². The molecule has 4 rings (SSSR count). The van der Waals surface area contributed by atoms with Crippen LogP contribution in [-0.4, -0.2) is 53.1 Å². The summed E-state index contributed by atoms with van der Waals surface area (Å²) in [5, 5.41) is 0. The van der Waals surface area contributed by atoms with E-state index in [0.29, 0.717) is 6.61 Å². The van der Waals surface area contributed by atoms with Gasteiger partial charge >= 0.3 is 0 Å². The minimum Gasteiger partial charge on any atom is -0.494 e. The highest BCUT2D eigenvalue weighted by Crippen LogP contribution is 2.16. The van der Waals surface area contributed by atoms with Gasteiger partial charge in [-0.15, -0.1) is 0 Å². The van der Waals surface area contributed by atoms with E-state index in [4.69, 9.17) is 4.74 Å². The van der Waals surface area contributed by atoms with Gasteiger partial charge in [0, 0.05) is 56.4 Å². The fourth-order valence-electron chi connectivity index (χ4n) is 3.69. The molecule has 0 spiro atoms. The molecule has 0 N–H and O–H groups in total. The third-order valence-electron chi connectivity index (χ3n) is 5.32. The third-order valence-corrected chi connectivity index (χ3v) is 5.32. The Hall–Kier alpha value is -3.05. The number of piperazine rings is 1. The highest BCUT2D eigenvalue weighted by Gasteiger charge is 2.22. The van der Waals surface area contributed by atoms with Crippen LogP contribution in [0.4, 0.5) is 0 Å². The molecule has 1 amide bonds. The van der Waals surface area contributed by atoms with Gasteiger partial charge in [-0.25, -0.2) is 0 Å². The zero-order valence-electron chi connectivity index (χ0n) is 16.8. The second-order valence-corrected chi connectivity index (χ2v) is 7.28. The molecule has 1 aliphatic rings. The van der Waals surface area contributed by atoms with Crippen LogP contribution in [0.15, 0.2) is 73.1 Å². The number of aromatic nitrogens is 1. The van der Waals surface area contributed by atoms with E-state index in [1.165, 1.54) is 5.56 Å². The summed E-state index contributed by atoms with van der Waals surface area (Å²) in [5.41, 5.74) is 3.08. The number of carbonyl (C=O) groups is 1. The highest BCUT2D eigenvalue weighted by atomic mass is 16.5. The fourth-order valence-corrected chi connectivity index (χ4v) is 3.69. The van der Waals surface area contributed by atoms with E-state index in [-0.39, 0.29) is 5.91 Å². The van der Waals surface area contributed by atoms with Crippen LogP contribution in [-0.2, 0) is 6.54 Å². The molecule has 5 heteroatoms. The maximum atomic E-state index is 12.8. The Morgan fingerprint density at radius 3 is 2.17 bits per heavy atom. The summed E-state index contributed by atoms with van der Waals surface area (Å²) >= 11 is 0. The van der Waals surface area contributed by atoms with E-state index in [1.807, 2.05) is 77.3 Å². The molecule has 1 aliphatic heterocycles. The summed E-state index contributed by atoms with van der Waals surface area (Å²) in [6, 6.07) is 20.1. The zero-order chi connectivity index (χ0) is 20.1. The van der Waals surface area contributed by atoms with Crippen LogP contribution in [0.25, 0.3) is 5.69 Å². The van der Waals surface area contributed by atoms with Crippen molar-refractivity contribution in [1.29, 1.82) is 0 Å². The quantitative estimate of drug-likeness (QED) is 0.643. The van der Waals surface area contributed by atoms with Gasteiger partial charge in [0.15, 0.2) is 0 Å². The van der Waals surface area contributed by atoms with Crippen LogP contribution in [0.3, 0.4) is 0 Å². The van der Waals surface area contributed by atoms with Crippen LogP contribution < -0.4 is 4.74 Å². The molecule has 0 atom stereocenters. The van der Waals surface area contributed by atoms with E-state index in [9.17, 15) is 4.79 Å². The zero-order valence-corrected chi connectivity index (χ0v) is 16.8. The first kappa shape index (κ1) is 19.3. The molecule has 29 heavy (non-hydrogen) atoms. The molecular weight excluding hydrogens is 362 g/mol. The average molecular weight is 389 g/mol. The molecule has 3 aromatic rings. The lowest BCUT2D eigenvalue weighted by atomic mass is 10.1. The van der Waals surface area contributed by atoms with Crippen molar-refractivity contribution >= 4 is 5.91 Å². The molecule has 0 bridgehead atoms. The van der Waals surface area contributed by atoms with E-state index >= 15 is 0 Å². The Kier molecular flexibility index (Phi) is 5.96. The van der Waals surface area contributed by atoms with Crippen molar-refractivity contribution in [2.24, 2.45) is 0 Å². The van der Waals surface area contributed by atoms with Gasteiger partial charge in [-0.1, -0.05) is 12.1 Å². The maximum absolute atomic E-state index is 12.8. The second kappa shape index (κ2) is 8.97. The molecule has 5 nitrogen and oxygen atoms in total. The Bertz CT molecular complexity index is 910. The van der Waals surface area contributed by atoms with Crippen molar-refractivity contribution in [3.05, 3.63) is 84.2 Å². The van der Waals surface area contributed by atoms with Crippen molar-refractivity contribution in [2.45, 2.75) is 13.5 Å². The fraction of sp³-hybridized carbons (Fsp3) is 0.292. The molecule has 0 saturated carbocycles. The Morgan fingerprint density at radius 1 is 0.897 bits per heavy atom. The van der Waals surface area contributed by atoms with Gasteiger partial charge in [0.25, 0.3) is 5.91 Å². The Morgan fingerprint density at radius 2 is 1.55 bits per heavy atom. The number of nitrogens with zero attached hydrogens (tertiary/aromatic N) is 3. The van der Waals surface area contributed by atoms with Gasteiger partial charge in [0.2, 0.25) is 0 Å². The van der Waals surface area contributed by atoms with Gasteiger partial charge < -0.3 is 14.2 Å². The van der Waals surface area contributed by atoms with Crippen molar-refractivity contribution < 1.29 is 9.53 Å². The highest BCUT2D eigenvalue weighted by molar-refractivity contribution is 5.94. The largest absolute Gasteiger partial charge is 0.494 e. The molecule has 0 aliphatic carbocycles. The summed E-state index contributed by atoms with van der Waals surface area (Å²) in [4.78, 5) is 17.2. The molecule has 0 unspecified atom stereocenters. The predicted molar refractivity (Wildman–Crippen MR) is 115 cm³/mol. The Labute approximate surface area is 172 Å². The van der Waals surface area contributed by atoms with Crippen LogP contribution in [0, 0.1) is 0 Å². The van der Waals surface area contributed by atoms with Gasteiger partial charge in [0.1, 0.15) is 5.75 Å². The van der Waals surface area contributed by atoms with Gasteiger partial charge in [-0.05, 0) is 61.0 Å². The SMILES string of the molecule is CCOc1ccc(CN2CCN(C(=O)c3ccc(-n4cccc4)cc3)CC2)cc1. The number of carbonyl (C=O) groups excluding carboxylic acids is 1. The molecule has 1 saturated heterocycles. The van der Waals surface area contributed by atoms with E-state index in [2.05, 4.69) is 17.0 Å². The monoisotopic (exact) mass is 389 g/mol.